The summed E-state index contributed by atoms with van der Waals surface area (Å²) in [5, 5.41) is 10.3. The van der Waals surface area contributed by atoms with E-state index in [4.69, 9.17) is 0 Å². The fourth-order valence-electron chi connectivity index (χ4n) is 2.16. The van der Waals surface area contributed by atoms with Crippen LogP contribution in [-0.2, 0) is 0 Å². The van der Waals surface area contributed by atoms with Crippen molar-refractivity contribution in [3.05, 3.63) is 29.7 Å². The maximum atomic E-state index is 12.2. The summed E-state index contributed by atoms with van der Waals surface area (Å²) < 4.78 is 1.62. The number of carbonyl (C=O) groups excluding carboxylic acids is 1. The highest BCUT2D eigenvalue weighted by Crippen LogP contribution is 2.09. The Morgan fingerprint density at radius 3 is 3.16 bits per heavy atom. The van der Waals surface area contributed by atoms with Gasteiger partial charge in [0.2, 0.25) is 0 Å². The lowest BCUT2D eigenvalue weighted by Crippen LogP contribution is -2.36. The van der Waals surface area contributed by atoms with Crippen LogP contribution in [0.25, 0.3) is 5.65 Å². The standard InChI is InChI=1S/C12H15N5O.ClH/c1-8-3-5-17-11(15-8)10(7-14-17)12(18)16-9-2-4-13-6-9;/h3,5,7,9,13H,2,4,6H2,1H3,(H,16,18);1H. The lowest BCUT2D eigenvalue weighted by atomic mass is 10.2. The van der Waals surface area contributed by atoms with Crippen LogP contribution in [-0.4, -0.2) is 39.6 Å². The Morgan fingerprint density at radius 2 is 2.42 bits per heavy atom. The monoisotopic (exact) mass is 281 g/mol. The molecule has 1 amide bonds. The molecule has 0 radical (unpaired) electrons. The Labute approximate surface area is 117 Å². The van der Waals surface area contributed by atoms with Crippen LogP contribution in [0.15, 0.2) is 18.5 Å². The summed E-state index contributed by atoms with van der Waals surface area (Å²) in [7, 11) is 0. The Balaban J connectivity index is 0.00000133. The molecule has 1 fully saturated rings. The number of nitrogens with zero attached hydrogens (tertiary/aromatic N) is 3. The minimum Gasteiger partial charge on any atom is -0.348 e. The van der Waals surface area contributed by atoms with Crippen molar-refractivity contribution in [3.63, 3.8) is 0 Å². The fourth-order valence-corrected chi connectivity index (χ4v) is 2.16. The van der Waals surface area contributed by atoms with Crippen LogP contribution in [0.2, 0.25) is 0 Å². The lowest BCUT2D eigenvalue weighted by Gasteiger charge is -2.10. The summed E-state index contributed by atoms with van der Waals surface area (Å²) in [6.07, 6.45) is 4.35. The Kier molecular flexibility index (Phi) is 4.01. The highest BCUT2D eigenvalue weighted by Gasteiger charge is 2.20. The molecular formula is C12H16ClN5O. The minimum absolute atomic E-state index is 0. The third-order valence-corrected chi connectivity index (χ3v) is 3.15. The molecule has 7 heteroatoms. The number of nitrogens with one attached hydrogen (secondary N) is 2. The van der Waals surface area contributed by atoms with Crippen molar-refractivity contribution in [2.24, 2.45) is 0 Å². The van der Waals surface area contributed by atoms with E-state index < -0.39 is 0 Å². The fraction of sp³-hybridized carbons (Fsp3) is 0.417. The first-order valence-corrected chi connectivity index (χ1v) is 6.06. The third-order valence-electron chi connectivity index (χ3n) is 3.15. The average Bonchev–Trinajstić information content (AvgIpc) is 2.97. The van der Waals surface area contributed by atoms with Gasteiger partial charge in [0, 0.05) is 24.5 Å². The second-order valence-electron chi connectivity index (χ2n) is 4.56. The molecule has 1 atom stereocenters. The Bertz CT molecular complexity index is 591. The quantitative estimate of drug-likeness (QED) is 0.843. The van der Waals surface area contributed by atoms with Gasteiger partial charge in [-0.15, -0.1) is 12.4 Å². The van der Waals surface area contributed by atoms with Gasteiger partial charge in [-0.2, -0.15) is 5.10 Å². The molecule has 2 N–H and O–H groups in total. The van der Waals surface area contributed by atoms with Gasteiger partial charge in [-0.3, -0.25) is 4.79 Å². The molecule has 0 bridgehead atoms. The van der Waals surface area contributed by atoms with E-state index in [0.717, 1.165) is 25.2 Å². The van der Waals surface area contributed by atoms with Gasteiger partial charge in [-0.1, -0.05) is 0 Å². The predicted octanol–water partition coefficient (Wildman–Crippen LogP) is 0.551. The number of aryl methyl sites for hydroxylation is 1. The molecule has 102 valence electrons. The average molecular weight is 282 g/mol. The molecule has 3 rings (SSSR count). The summed E-state index contributed by atoms with van der Waals surface area (Å²) in [6, 6.07) is 2.07. The second kappa shape index (κ2) is 5.54. The molecule has 2 aromatic rings. The minimum atomic E-state index is -0.100. The van der Waals surface area contributed by atoms with Crippen molar-refractivity contribution in [2.45, 2.75) is 19.4 Å². The number of rotatable bonds is 2. The van der Waals surface area contributed by atoms with Gasteiger partial charge in [0.15, 0.2) is 5.65 Å². The molecule has 1 aliphatic heterocycles. The number of amides is 1. The highest BCUT2D eigenvalue weighted by atomic mass is 35.5. The van der Waals surface area contributed by atoms with E-state index in [2.05, 4.69) is 20.7 Å². The van der Waals surface area contributed by atoms with E-state index in [9.17, 15) is 4.79 Å². The molecule has 1 unspecified atom stereocenters. The van der Waals surface area contributed by atoms with E-state index in [1.54, 1.807) is 10.7 Å². The topological polar surface area (TPSA) is 71.3 Å². The van der Waals surface area contributed by atoms with Crippen molar-refractivity contribution in [1.82, 2.24) is 25.2 Å². The van der Waals surface area contributed by atoms with Crippen LogP contribution in [0, 0.1) is 6.92 Å². The molecule has 3 heterocycles. The van der Waals surface area contributed by atoms with E-state index in [0.29, 0.717) is 11.2 Å². The molecule has 0 aromatic carbocycles. The predicted molar refractivity (Wildman–Crippen MR) is 73.7 cm³/mol. The van der Waals surface area contributed by atoms with Crippen LogP contribution < -0.4 is 10.6 Å². The maximum Gasteiger partial charge on any atom is 0.257 e. The number of carbonyl (C=O) groups is 1. The molecule has 1 aliphatic rings. The first-order chi connectivity index (χ1) is 8.74. The summed E-state index contributed by atoms with van der Waals surface area (Å²) in [5.74, 6) is -0.100. The molecule has 6 nitrogen and oxygen atoms in total. The first-order valence-electron chi connectivity index (χ1n) is 6.06. The van der Waals surface area contributed by atoms with Crippen LogP contribution in [0.1, 0.15) is 22.5 Å². The number of hydrogen-bond acceptors (Lipinski definition) is 4. The number of fused-ring (bicyclic) bond motifs is 1. The van der Waals surface area contributed by atoms with Crippen LogP contribution in [0.3, 0.4) is 0 Å². The number of aromatic nitrogens is 3. The number of halogens is 1. The second-order valence-corrected chi connectivity index (χ2v) is 4.56. The number of hydrogen-bond donors (Lipinski definition) is 2. The SMILES string of the molecule is Cc1ccn2ncc(C(=O)NC3CCNC3)c2n1.Cl. The first kappa shape index (κ1) is 13.8. The van der Waals surface area contributed by atoms with Crippen molar-refractivity contribution >= 4 is 24.0 Å². The van der Waals surface area contributed by atoms with Crippen molar-refractivity contribution in [3.8, 4) is 0 Å². The van der Waals surface area contributed by atoms with E-state index >= 15 is 0 Å². The Hall–Kier alpha value is -1.66. The van der Waals surface area contributed by atoms with E-state index in [1.165, 1.54) is 0 Å². The molecular weight excluding hydrogens is 266 g/mol. The highest BCUT2D eigenvalue weighted by molar-refractivity contribution is 5.99. The van der Waals surface area contributed by atoms with Crippen LogP contribution in [0.4, 0.5) is 0 Å². The lowest BCUT2D eigenvalue weighted by molar-refractivity contribution is 0.0941. The van der Waals surface area contributed by atoms with E-state index in [-0.39, 0.29) is 24.4 Å². The summed E-state index contributed by atoms with van der Waals surface area (Å²) >= 11 is 0. The summed E-state index contributed by atoms with van der Waals surface area (Å²) in [6.45, 7) is 3.68. The molecule has 0 aliphatic carbocycles. The maximum absolute atomic E-state index is 12.2. The molecule has 1 saturated heterocycles. The summed E-state index contributed by atoms with van der Waals surface area (Å²) in [5.41, 5.74) is 2.02. The van der Waals surface area contributed by atoms with Gasteiger partial charge in [0.1, 0.15) is 5.56 Å². The van der Waals surface area contributed by atoms with Crippen LogP contribution in [0.5, 0.6) is 0 Å². The van der Waals surface area contributed by atoms with Gasteiger partial charge in [-0.05, 0) is 26.0 Å². The van der Waals surface area contributed by atoms with Gasteiger partial charge in [0.05, 0.1) is 6.20 Å². The normalized spacial score (nSPS) is 18.3. The zero-order valence-corrected chi connectivity index (χ0v) is 11.4. The van der Waals surface area contributed by atoms with E-state index in [1.807, 2.05) is 19.2 Å². The van der Waals surface area contributed by atoms with Gasteiger partial charge < -0.3 is 10.6 Å². The van der Waals surface area contributed by atoms with Gasteiger partial charge >= 0.3 is 0 Å². The zero-order chi connectivity index (χ0) is 12.5. The van der Waals surface area contributed by atoms with Crippen molar-refractivity contribution in [2.75, 3.05) is 13.1 Å². The largest absolute Gasteiger partial charge is 0.348 e. The summed E-state index contributed by atoms with van der Waals surface area (Å²) in [4.78, 5) is 16.5. The van der Waals surface area contributed by atoms with Gasteiger partial charge in [0.25, 0.3) is 5.91 Å². The molecule has 0 spiro atoms. The molecule has 19 heavy (non-hydrogen) atoms. The van der Waals surface area contributed by atoms with Crippen LogP contribution >= 0.6 is 12.4 Å². The Morgan fingerprint density at radius 1 is 1.58 bits per heavy atom. The smallest absolute Gasteiger partial charge is 0.257 e. The molecule has 0 saturated carbocycles. The zero-order valence-electron chi connectivity index (χ0n) is 10.6. The molecule has 2 aromatic heterocycles. The van der Waals surface area contributed by atoms with Gasteiger partial charge in [-0.25, -0.2) is 9.50 Å². The van der Waals surface area contributed by atoms with Crippen molar-refractivity contribution < 1.29 is 4.79 Å². The third kappa shape index (κ3) is 2.69. The van der Waals surface area contributed by atoms with Crippen molar-refractivity contribution in [1.29, 1.82) is 0 Å².